The number of fused-ring (bicyclic) bond motifs is 1. The highest BCUT2D eigenvalue weighted by Crippen LogP contribution is 2.31. The van der Waals surface area contributed by atoms with Crippen molar-refractivity contribution >= 4 is 44.5 Å². The minimum absolute atomic E-state index is 0.00963. The number of nitrogens with zero attached hydrogens (tertiary/aromatic N) is 1. The van der Waals surface area contributed by atoms with E-state index in [0.717, 1.165) is 0 Å². The van der Waals surface area contributed by atoms with E-state index in [-0.39, 0.29) is 28.6 Å². The fourth-order valence-corrected chi connectivity index (χ4v) is 5.00. The lowest BCUT2D eigenvalue weighted by Gasteiger charge is -2.23. The molecule has 102 valence electrons. The van der Waals surface area contributed by atoms with Crippen LogP contribution in [0, 0.1) is 5.82 Å². The topological polar surface area (TPSA) is 49.4 Å². The first-order chi connectivity index (χ1) is 8.87. The van der Waals surface area contributed by atoms with E-state index in [1.807, 2.05) is 0 Å². The molecule has 0 radical (unpaired) electrons. The Balaban J connectivity index is 1.99. The van der Waals surface area contributed by atoms with Crippen molar-refractivity contribution in [3.05, 3.63) is 29.0 Å². The number of benzene rings is 1. The lowest BCUT2D eigenvalue weighted by atomic mass is 10.1. The van der Waals surface area contributed by atoms with Crippen molar-refractivity contribution in [1.29, 1.82) is 0 Å². The van der Waals surface area contributed by atoms with E-state index in [1.165, 1.54) is 12.1 Å². The van der Waals surface area contributed by atoms with Crippen LogP contribution in [0.4, 0.5) is 10.1 Å². The van der Waals surface area contributed by atoms with Crippen LogP contribution in [0.25, 0.3) is 0 Å². The predicted octanol–water partition coefficient (Wildman–Crippen LogP) is 1.34. The summed E-state index contributed by atoms with van der Waals surface area (Å²) in [5.74, 6) is -0.401. The zero-order valence-corrected chi connectivity index (χ0v) is 12.0. The molecule has 3 rings (SSSR count). The highest BCUT2D eigenvalue weighted by atomic mass is 35.5. The van der Waals surface area contributed by atoms with Crippen LogP contribution in [0.15, 0.2) is 18.2 Å². The Morgan fingerprint density at radius 1 is 1.42 bits per heavy atom. The molecule has 1 N–H and O–H groups in total. The summed E-state index contributed by atoms with van der Waals surface area (Å²) in [6.07, 6.45) is 0. The maximum absolute atomic E-state index is 13.2. The van der Waals surface area contributed by atoms with E-state index in [9.17, 15) is 12.8 Å². The average Bonchev–Trinajstić information content (AvgIpc) is 2.73. The third kappa shape index (κ3) is 2.19. The maximum Gasteiger partial charge on any atom is 0.174 e. The van der Waals surface area contributed by atoms with E-state index < -0.39 is 15.7 Å². The van der Waals surface area contributed by atoms with Crippen molar-refractivity contribution < 1.29 is 12.8 Å². The molecule has 19 heavy (non-hydrogen) atoms. The van der Waals surface area contributed by atoms with Gasteiger partial charge < -0.3 is 10.2 Å². The number of thiocarbonyl (C=S) groups is 1. The molecule has 0 saturated carbocycles. The summed E-state index contributed by atoms with van der Waals surface area (Å²) in [5.41, 5.74) is 0.605. The standard InChI is InChI=1S/C11H10ClFN2O2S2/c12-7-3-6(1-2-8(7)13)15-10-5-19(16,17)4-9(10)14-11(15)18/h1-3,9-10H,4-5H2,(H,14,18). The second-order valence-corrected chi connectivity index (χ2v) is 7.62. The van der Waals surface area contributed by atoms with Gasteiger partial charge in [0.2, 0.25) is 0 Å². The van der Waals surface area contributed by atoms with Crippen molar-refractivity contribution in [1.82, 2.24) is 5.32 Å². The van der Waals surface area contributed by atoms with Gasteiger partial charge in [-0.3, -0.25) is 0 Å². The molecule has 0 bridgehead atoms. The number of anilines is 1. The van der Waals surface area contributed by atoms with Crippen LogP contribution < -0.4 is 10.2 Å². The van der Waals surface area contributed by atoms with Crippen LogP contribution in [-0.2, 0) is 9.84 Å². The molecule has 2 atom stereocenters. The van der Waals surface area contributed by atoms with Gasteiger partial charge in [0.05, 0.1) is 28.6 Å². The number of nitrogens with one attached hydrogen (secondary N) is 1. The molecular weight excluding hydrogens is 311 g/mol. The Kier molecular flexibility index (Phi) is 2.95. The van der Waals surface area contributed by atoms with E-state index in [4.69, 9.17) is 23.8 Å². The fourth-order valence-electron chi connectivity index (χ4n) is 2.54. The van der Waals surface area contributed by atoms with Crippen molar-refractivity contribution in [3.8, 4) is 0 Å². The highest BCUT2D eigenvalue weighted by molar-refractivity contribution is 7.91. The molecule has 1 aromatic rings. The summed E-state index contributed by atoms with van der Waals surface area (Å²) in [6.45, 7) is 0. The predicted molar refractivity (Wildman–Crippen MR) is 75.9 cm³/mol. The molecule has 2 unspecified atom stereocenters. The highest BCUT2D eigenvalue weighted by Gasteiger charge is 2.47. The van der Waals surface area contributed by atoms with E-state index in [1.54, 1.807) is 11.0 Å². The average molecular weight is 321 g/mol. The van der Waals surface area contributed by atoms with Crippen LogP contribution in [0.5, 0.6) is 0 Å². The molecule has 4 nitrogen and oxygen atoms in total. The number of halogens is 2. The van der Waals surface area contributed by atoms with E-state index in [2.05, 4.69) is 5.32 Å². The van der Waals surface area contributed by atoms with Crippen molar-refractivity contribution in [2.45, 2.75) is 12.1 Å². The molecule has 0 amide bonds. The number of rotatable bonds is 1. The smallest absolute Gasteiger partial charge is 0.174 e. The normalized spacial score (nSPS) is 28.3. The zero-order chi connectivity index (χ0) is 13.8. The Morgan fingerprint density at radius 2 is 2.16 bits per heavy atom. The Morgan fingerprint density at radius 3 is 2.84 bits per heavy atom. The van der Waals surface area contributed by atoms with Crippen LogP contribution in [0.2, 0.25) is 5.02 Å². The van der Waals surface area contributed by atoms with Crippen LogP contribution in [-0.4, -0.2) is 37.1 Å². The molecule has 2 fully saturated rings. The first kappa shape index (κ1) is 13.1. The molecule has 2 saturated heterocycles. The second-order valence-electron chi connectivity index (χ2n) is 4.67. The van der Waals surface area contributed by atoms with Gasteiger partial charge in [-0.15, -0.1) is 0 Å². The van der Waals surface area contributed by atoms with Gasteiger partial charge in [-0.1, -0.05) is 11.6 Å². The third-order valence-electron chi connectivity index (χ3n) is 3.36. The number of sulfone groups is 1. The molecule has 0 spiro atoms. The van der Waals surface area contributed by atoms with Crippen LogP contribution >= 0.6 is 23.8 Å². The number of hydrogen-bond acceptors (Lipinski definition) is 3. The second kappa shape index (κ2) is 4.29. The molecule has 0 aliphatic carbocycles. The largest absolute Gasteiger partial charge is 0.356 e. The summed E-state index contributed by atoms with van der Waals surface area (Å²) in [6, 6.07) is 3.79. The Bertz CT molecular complexity index is 665. The Hall–Kier alpha value is -0.920. The quantitative estimate of drug-likeness (QED) is 0.791. The van der Waals surface area contributed by atoms with Gasteiger partial charge in [-0.05, 0) is 30.4 Å². The zero-order valence-electron chi connectivity index (χ0n) is 9.64. The SMILES string of the molecule is O=S1(=O)CC2NC(=S)N(c3ccc(F)c(Cl)c3)C2C1. The number of hydrogen-bond donors (Lipinski definition) is 1. The van der Waals surface area contributed by atoms with Gasteiger partial charge in [0.25, 0.3) is 0 Å². The monoisotopic (exact) mass is 320 g/mol. The summed E-state index contributed by atoms with van der Waals surface area (Å²) >= 11 is 11.0. The van der Waals surface area contributed by atoms with Gasteiger partial charge in [0, 0.05) is 5.69 Å². The van der Waals surface area contributed by atoms with Gasteiger partial charge >= 0.3 is 0 Å². The summed E-state index contributed by atoms with van der Waals surface area (Å²) in [4.78, 5) is 1.70. The van der Waals surface area contributed by atoms with Crippen molar-refractivity contribution in [2.75, 3.05) is 16.4 Å². The summed E-state index contributed by atoms with van der Waals surface area (Å²) < 4.78 is 36.5. The van der Waals surface area contributed by atoms with Gasteiger partial charge in [0.1, 0.15) is 5.82 Å². The van der Waals surface area contributed by atoms with Crippen molar-refractivity contribution in [2.24, 2.45) is 0 Å². The summed E-state index contributed by atoms with van der Waals surface area (Å²) in [7, 11) is -3.06. The first-order valence-electron chi connectivity index (χ1n) is 5.62. The maximum atomic E-state index is 13.2. The third-order valence-corrected chi connectivity index (χ3v) is 5.68. The molecule has 2 aliphatic heterocycles. The minimum Gasteiger partial charge on any atom is -0.356 e. The molecule has 2 heterocycles. The van der Waals surface area contributed by atoms with Gasteiger partial charge in [-0.25, -0.2) is 12.8 Å². The molecule has 0 aromatic heterocycles. The van der Waals surface area contributed by atoms with Crippen LogP contribution in [0.3, 0.4) is 0 Å². The molecule has 1 aromatic carbocycles. The lowest BCUT2D eigenvalue weighted by molar-refractivity contribution is 0.600. The minimum atomic E-state index is -3.06. The Labute approximate surface area is 120 Å². The molecular formula is C11H10ClFN2O2S2. The van der Waals surface area contributed by atoms with Gasteiger partial charge in [0.15, 0.2) is 14.9 Å². The lowest BCUT2D eigenvalue weighted by Crippen LogP contribution is -2.36. The molecule has 8 heteroatoms. The van der Waals surface area contributed by atoms with E-state index >= 15 is 0 Å². The first-order valence-corrected chi connectivity index (χ1v) is 8.23. The van der Waals surface area contributed by atoms with Gasteiger partial charge in [-0.2, -0.15) is 0 Å². The van der Waals surface area contributed by atoms with Crippen LogP contribution in [0.1, 0.15) is 0 Å². The summed E-state index contributed by atoms with van der Waals surface area (Å²) in [5, 5.41) is 3.44. The fraction of sp³-hybridized carbons (Fsp3) is 0.364. The van der Waals surface area contributed by atoms with E-state index in [0.29, 0.717) is 10.8 Å². The molecule has 2 aliphatic rings. The van der Waals surface area contributed by atoms with Crippen molar-refractivity contribution in [3.63, 3.8) is 0 Å².